The minimum Gasteiger partial charge on any atom is -0.320 e. The first kappa shape index (κ1) is 14.7. The van der Waals surface area contributed by atoms with Crippen molar-refractivity contribution in [2.45, 2.75) is 45.2 Å². The SMILES string of the molecule is CNCCCC(C)N(C)C(C)Cc1cccs1. The zero-order chi connectivity index (χ0) is 12.7. The summed E-state index contributed by atoms with van der Waals surface area (Å²) in [5, 5.41) is 5.38. The second-order valence-corrected chi connectivity index (χ2v) is 5.93. The van der Waals surface area contributed by atoms with Crippen molar-refractivity contribution in [3.8, 4) is 0 Å². The Balaban J connectivity index is 2.32. The first-order valence-electron chi connectivity index (χ1n) is 6.54. The summed E-state index contributed by atoms with van der Waals surface area (Å²) in [6.07, 6.45) is 3.70. The van der Waals surface area contributed by atoms with E-state index in [0.29, 0.717) is 12.1 Å². The standard InChI is InChI=1S/C14H26N2S/c1-12(7-5-9-15-3)16(4)13(2)11-14-8-6-10-17-14/h6,8,10,12-13,15H,5,7,9,11H2,1-4H3. The van der Waals surface area contributed by atoms with E-state index in [-0.39, 0.29) is 0 Å². The lowest BCUT2D eigenvalue weighted by atomic mass is 10.1. The molecule has 2 atom stereocenters. The summed E-state index contributed by atoms with van der Waals surface area (Å²) in [5.74, 6) is 0. The van der Waals surface area contributed by atoms with Gasteiger partial charge in [-0.3, -0.25) is 0 Å². The maximum absolute atomic E-state index is 3.21. The fourth-order valence-electron chi connectivity index (χ4n) is 2.08. The van der Waals surface area contributed by atoms with Gasteiger partial charge >= 0.3 is 0 Å². The number of rotatable bonds is 8. The highest BCUT2D eigenvalue weighted by Gasteiger charge is 2.16. The van der Waals surface area contributed by atoms with Crippen LogP contribution in [0.2, 0.25) is 0 Å². The molecule has 0 aliphatic heterocycles. The fraction of sp³-hybridized carbons (Fsp3) is 0.714. The highest BCUT2D eigenvalue weighted by atomic mass is 32.1. The van der Waals surface area contributed by atoms with Crippen molar-refractivity contribution in [3.63, 3.8) is 0 Å². The molecule has 0 aliphatic carbocycles. The van der Waals surface area contributed by atoms with Gasteiger partial charge in [-0.15, -0.1) is 11.3 Å². The summed E-state index contributed by atoms with van der Waals surface area (Å²) in [7, 11) is 4.27. The molecule has 1 aromatic heterocycles. The Kier molecular flexibility index (Phi) is 6.78. The fourth-order valence-corrected chi connectivity index (χ4v) is 2.90. The average Bonchev–Trinajstić information content (AvgIpc) is 2.81. The summed E-state index contributed by atoms with van der Waals surface area (Å²) >= 11 is 1.87. The molecule has 1 heterocycles. The largest absolute Gasteiger partial charge is 0.320 e. The van der Waals surface area contributed by atoms with Crippen molar-refractivity contribution < 1.29 is 0 Å². The van der Waals surface area contributed by atoms with E-state index in [0.717, 1.165) is 6.54 Å². The smallest absolute Gasteiger partial charge is 0.0115 e. The number of thiophene rings is 1. The second-order valence-electron chi connectivity index (χ2n) is 4.89. The van der Waals surface area contributed by atoms with Gasteiger partial charge in [0.2, 0.25) is 0 Å². The molecular weight excluding hydrogens is 228 g/mol. The van der Waals surface area contributed by atoms with Gasteiger partial charge in [-0.1, -0.05) is 6.07 Å². The van der Waals surface area contributed by atoms with Gasteiger partial charge in [-0.25, -0.2) is 0 Å². The maximum atomic E-state index is 3.21. The van der Waals surface area contributed by atoms with Crippen molar-refractivity contribution >= 4 is 11.3 Å². The summed E-state index contributed by atoms with van der Waals surface area (Å²) in [6, 6.07) is 5.67. The van der Waals surface area contributed by atoms with Crippen LogP contribution in [-0.4, -0.2) is 37.6 Å². The van der Waals surface area contributed by atoms with Gasteiger partial charge in [0.15, 0.2) is 0 Å². The first-order chi connectivity index (χ1) is 8.15. The molecule has 0 bridgehead atoms. The van der Waals surface area contributed by atoms with Gasteiger partial charge in [0, 0.05) is 17.0 Å². The molecule has 2 nitrogen and oxygen atoms in total. The monoisotopic (exact) mass is 254 g/mol. The Bertz CT molecular complexity index is 284. The quantitative estimate of drug-likeness (QED) is 0.718. The molecule has 1 rings (SSSR count). The molecule has 0 fully saturated rings. The van der Waals surface area contributed by atoms with E-state index in [1.54, 1.807) is 0 Å². The average molecular weight is 254 g/mol. The third-order valence-electron chi connectivity index (χ3n) is 3.52. The van der Waals surface area contributed by atoms with E-state index < -0.39 is 0 Å². The van der Waals surface area contributed by atoms with Crippen molar-refractivity contribution in [2.75, 3.05) is 20.6 Å². The van der Waals surface area contributed by atoms with E-state index in [1.165, 1.54) is 24.1 Å². The zero-order valence-electron chi connectivity index (χ0n) is 11.6. The summed E-state index contributed by atoms with van der Waals surface area (Å²) < 4.78 is 0. The zero-order valence-corrected chi connectivity index (χ0v) is 12.4. The van der Waals surface area contributed by atoms with Crippen LogP contribution in [0.5, 0.6) is 0 Å². The second kappa shape index (κ2) is 7.85. The van der Waals surface area contributed by atoms with Gasteiger partial charge < -0.3 is 10.2 Å². The molecule has 0 saturated heterocycles. The van der Waals surface area contributed by atoms with Crippen molar-refractivity contribution in [3.05, 3.63) is 22.4 Å². The summed E-state index contributed by atoms with van der Waals surface area (Å²) in [5.41, 5.74) is 0. The Labute approximate surface area is 110 Å². The van der Waals surface area contributed by atoms with Gasteiger partial charge in [0.05, 0.1) is 0 Å². The number of nitrogens with one attached hydrogen (secondary N) is 1. The van der Waals surface area contributed by atoms with Crippen LogP contribution in [0, 0.1) is 0 Å². The molecule has 17 heavy (non-hydrogen) atoms. The minimum absolute atomic E-state index is 0.623. The van der Waals surface area contributed by atoms with E-state index in [9.17, 15) is 0 Å². The molecule has 1 aromatic rings. The highest BCUT2D eigenvalue weighted by Crippen LogP contribution is 2.16. The van der Waals surface area contributed by atoms with Crippen molar-refractivity contribution in [1.82, 2.24) is 10.2 Å². The van der Waals surface area contributed by atoms with E-state index in [1.807, 2.05) is 18.4 Å². The van der Waals surface area contributed by atoms with Gasteiger partial charge in [-0.05, 0) is 65.2 Å². The number of hydrogen-bond acceptors (Lipinski definition) is 3. The Morgan fingerprint density at radius 3 is 2.71 bits per heavy atom. The van der Waals surface area contributed by atoms with Crippen molar-refractivity contribution in [2.24, 2.45) is 0 Å². The summed E-state index contributed by atoms with van der Waals surface area (Å²) in [6.45, 7) is 5.78. The van der Waals surface area contributed by atoms with Crippen LogP contribution in [-0.2, 0) is 6.42 Å². The van der Waals surface area contributed by atoms with Crippen LogP contribution >= 0.6 is 11.3 Å². The van der Waals surface area contributed by atoms with Crippen LogP contribution < -0.4 is 5.32 Å². The molecular formula is C14H26N2S. The molecule has 2 unspecified atom stereocenters. The van der Waals surface area contributed by atoms with E-state index in [4.69, 9.17) is 0 Å². The van der Waals surface area contributed by atoms with Crippen LogP contribution in [0.4, 0.5) is 0 Å². The molecule has 0 radical (unpaired) electrons. The van der Waals surface area contributed by atoms with Crippen LogP contribution in [0.3, 0.4) is 0 Å². The van der Waals surface area contributed by atoms with Gasteiger partial charge in [-0.2, -0.15) is 0 Å². The lowest BCUT2D eigenvalue weighted by Gasteiger charge is -2.30. The maximum Gasteiger partial charge on any atom is 0.0115 e. The summed E-state index contributed by atoms with van der Waals surface area (Å²) in [4.78, 5) is 4.00. The number of likely N-dealkylation sites (N-methyl/N-ethyl adjacent to an activating group) is 1. The molecule has 0 spiro atoms. The van der Waals surface area contributed by atoms with Crippen LogP contribution in [0.15, 0.2) is 17.5 Å². The molecule has 0 aromatic carbocycles. The third-order valence-corrected chi connectivity index (χ3v) is 4.41. The Morgan fingerprint density at radius 1 is 1.35 bits per heavy atom. The van der Waals surface area contributed by atoms with Gasteiger partial charge in [0.25, 0.3) is 0 Å². The van der Waals surface area contributed by atoms with Crippen molar-refractivity contribution in [1.29, 1.82) is 0 Å². The highest BCUT2D eigenvalue weighted by molar-refractivity contribution is 7.09. The number of hydrogen-bond donors (Lipinski definition) is 1. The first-order valence-corrected chi connectivity index (χ1v) is 7.42. The predicted molar refractivity (Wildman–Crippen MR) is 77.9 cm³/mol. The van der Waals surface area contributed by atoms with E-state index >= 15 is 0 Å². The third kappa shape index (κ3) is 5.19. The van der Waals surface area contributed by atoms with Crippen LogP contribution in [0.1, 0.15) is 31.6 Å². The van der Waals surface area contributed by atoms with Gasteiger partial charge in [0.1, 0.15) is 0 Å². The van der Waals surface area contributed by atoms with Crippen LogP contribution in [0.25, 0.3) is 0 Å². The van der Waals surface area contributed by atoms with E-state index in [2.05, 4.69) is 48.6 Å². The molecule has 1 N–H and O–H groups in total. The Hall–Kier alpha value is -0.380. The molecule has 98 valence electrons. The molecule has 0 saturated carbocycles. The molecule has 3 heteroatoms. The molecule has 0 aliphatic rings. The molecule has 0 amide bonds. The number of nitrogens with zero attached hydrogens (tertiary/aromatic N) is 1. The predicted octanol–water partition coefficient (Wildman–Crippen LogP) is 3.00. The normalized spacial score (nSPS) is 15.1. The Morgan fingerprint density at radius 2 is 2.12 bits per heavy atom. The topological polar surface area (TPSA) is 15.3 Å². The lowest BCUT2D eigenvalue weighted by Crippen LogP contribution is -2.38. The lowest BCUT2D eigenvalue weighted by molar-refractivity contribution is 0.185. The minimum atomic E-state index is 0.623.